The van der Waals surface area contributed by atoms with Crippen LogP contribution >= 0.6 is 0 Å². The lowest BCUT2D eigenvalue weighted by Crippen LogP contribution is -2.36. The summed E-state index contributed by atoms with van der Waals surface area (Å²) >= 11 is 0. The first-order chi connectivity index (χ1) is 11.8. The van der Waals surface area contributed by atoms with Crippen molar-refractivity contribution in [1.82, 2.24) is 4.98 Å². The molecule has 1 fully saturated rings. The largest absolute Gasteiger partial charge is 0.378 e. The number of fused-ring (bicyclic) bond motifs is 1. The Morgan fingerprint density at radius 3 is 2.58 bits per heavy atom. The average Bonchev–Trinajstić information content (AvgIpc) is 2.64. The average molecular weight is 319 g/mol. The Bertz CT molecular complexity index is 839. The van der Waals surface area contributed by atoms with Crippen LogP contribution in [-0.2, 0) is 4.74 Å². The molecule has 4 nitrogen and oxygen atoms in total. The Morgan fingerprint density at radius 1 is 1.00 bits per heavy atom. The number of benzene rings is 2. The maximum absolute atomic E-state index is 5.44. The van der Waals surface area contributed by atoms with Gasteiger partial charge in [0, 0.05) is 41.7 Å². The number of pyridine rings is 1. The molecule has 0 radical (unpaired) electrons. The second-order valence-electron chi connectivity index (χ2n) is 6.15. The summed E-state index contributed by atoms with van der Waals surface area (Å²) in [6, 6.07) is 17.0. The van der Waals surface area contributed by atoms with Crippen LogP contribution in [0.2, 0.25) is 0 Å². The van der Waals surface area contributed by atoms with Crippen LogP contribution in [0.1, 0.15) is 5.56 Å². The molecule has 0 spiro atoms. The van der Waals surface area contributed by atoms with Crippen LogP contribution < -0.4 is 10.2 Å². The van der Waals surface area contributed by atoms with Gasteiger partial charge in [0.05, 0.1) is 18.7 Å². The van der Waals surface area contributed by atoms with Gasteiger partial charge in [-0.25, -0.2) is 0 Å². The lowest BCUT2D eigenvalue weighted by Gasteiger charge is -2.29. The first-order valence-corrected chi connectivity index (χ1v) is 8.35. The highest BCUT2D eigenvalue weighted by atomic mass is 16.5. The summed E-state index contributed by atoms with van der Waals surface area (Å²) in [4.78, 5) is 6.91. The fourth-order valence-corrected chi connectivity index (χ4v) is 3.06. The van der Waals surface area contributed by atoms with E-state index in [-0.39, 0.29) is 0 Å². The van der Waals surface area contributed by atoms with Crippen LogP contribution in [0, 0.1) is 6.92 Å². The molecule has 0 atom stereocenters. The lowest BCUT2D eigenvalue weighted by molar-refractivity contribution is 0.122. The van der Waals surface area contributed by atoms with Gasteiger partial charge in [-0.05, 0) is 43.3 Å². The van der Waals surface area contributed by atoms with E-state index in [1.54, 1.807) is 0 Å². The number of nitrogens with zero attached hydrogens (tertiary/aromatic N) is 2. The van der Waals surface area contributed by atoms with E-state index in [1.807, 2.05) is 12.3 Å². The van der Waals surface area contributed by atoms with E-state index < -0.39 is 0 Å². The van der Waals surface area contributed by atoms with Crippen molar-refractivity contribution in [3.8, 4) is 0 Å². The zero-order valence-electron chi connectivity index (χ0n) is 13.8. The van der Waals surface area contributed by atoms with E-state index in [0.29, 0.717) is 0 Å². The molecule has 0 saturated carbocycles. The summed E-state index contributed by atoms with van der Waals surface area (Å²) in [5.74, 6) is 0. The number of ether oxygens (including phenoxy) is 1. The Hall–Kier alpha value is -2.59. The van der Waals surface area contributed by atoms with Crippen molar-refractivity contribution in [2.24, 2.45) is 0 Å². The molecule has 1 saturated heterocycles. The Kier molecular flexibility index (Phi) is 4.05. The standard InChI is InChI=1S/C20H21N3O/c1-15-2-4-16(5-3-15)22-19-8-9-21-20-14-17(6-7-18(19)20)23-10-12-24-13-11-23/h2-9,14H,10-13H2,1H3,(H,21,22). The fraction of sp³-hybridized carbons (Fsp3) is 0.250. The number of anilines is 3. The minimum atomic E-state index is 0.792. The topological polar surface area (TPSA) is 37.4 Å². The van der Waals surface area contributed by atoms with Crippen molar-refractivity contribution >= 4 is 28.0 Å². The zero-order valence-corrected chi connectivity index (χ0v) is 13.8. The molecule has 3 aromatic rings. The molecular formula is C20H21N3O. The third-order valence-corrected chi connectivity index (χ3v) is 4.43. The predicted octanol–water partition coefficient (Wildman–Crippen LogP) is 4.12. The third kappa shape index (κ3) is 3.05. The number of rotatable bonds is 3. The fourth-order valence-electron chi connectivity index (χ4n) is 3.06. The van der Waals surface area contributed by atoms with Crippen molar-refractivity contribution in [3.05, 3.63) is 60.3 Å². The molecule has 1 N–H and O–H groups in total. The van der Waals surface area contributed by atoms with E-state index in [2.05, 4.69) is 64.6 Å². The van der Waals surface area contributed by atoms with Gasteiger partial charge in [-0.3, -0.25) is 4.98 Å². The van der Waals surface area contributed by atoms with E-state index in [0.717, 1.165) is 48.6 Å². The molecule has 1 aliphatic rings. The molecule has 4 heteroatoms. The molecule has 4 rings (SSSR count). The number of morpholine rings is 1. The molecule has 2 aromatic carbocycles. The first-order valence-electron chi connectivity index (χ1n) is 8.35. The molecule has 0 amide bonds. The van der Waals surface area contributed by atoms with E-state index in [4.69, 9.17) is 4.74 Å². The summed E-state index contributed by atoms with van der Waals surface area (Å²) < 4.78 is 5.44. The number of nitrogens with one attached hydrogen (secondary N) is 1. The molecule has 122 valence electrons. The second-order valence-corrected chi connectivity index (χ2v) is 6.15. The van der Waals surface area contributed by atoms with Crippen LogP contribution in [0.25, 0.3) is 10.9 Å². The smallest absolute Gasteiger partial charge is 0.0743 e. The van der Waals surface area contributed by atoms with Crippen LogP contribution in [-0.4, -0.2) is 31.3 Å². The Morgan fingerprint density at radius 2 is 1.79 bits per heavy atom. The predicted molar refractivity (Wildman–Crippen MR) is 99.2 cm³/mol. The summed E-state index contributed by atoms with van der Waals surface area (Å²) in [5, 5.41) is 4.63. The number of hydrogen-bond donors (Lipinski definition) is 1. The lowest BCUT2D eigenvalue weighted by atomic mass is 10.1. The SMILES string of the molecule is Cc1ccc(Nc2ccnc3cc(N4CCOCC4)ccc23)cc1. The number of hydrogen-bond acceptors (Lipinski definition) is 4. The monoisotopic (exact) mass is 319 g/mol. The minimum Gasteiger partial charge on any atom is -0.378 e. The normalized spacial score (nSPS) is 14.8. The van der Waals surface area contributed by atoms with E-state index >= 15 is 0 Å². The van der Waals surface area contributed by atoms with Crippen molar-refractivity contribution in [2.75, 3.05) is 36.5 Å². The molecule has 24 heavy (non-hydrogen) atoms. The van der Waals surface area contributed by atoms with Crippen LogP contribution in [0.4, 0.5) is 17.1 Å². The van der Waals surface area contributed by atoms with Gasteiger partial charge >= 0.3 is 0 Å². The van der Waals surface area contributed by atoms with Crippen molar-refractivity contribution in [1.29, 1.82) is 0 Å². The van der Waals surface area contributed by atoms with Gasteiger partial charge in [-0.1, -0.05) is 17.7 Å². The molecule has 2 heterocycles. The summed E-state index contributed by atoms with van der Waals surface area (Å²) in [6.45, 7) is 5.55. The van der Waals surface area contributed by atoms with Crippen LogP contribution in [0.15, 0.2) is 54.7 Å². The molecule has 0 unspecified atom stereocenters. The van der Waals surface area contributed by atoms with Crippen molar-refractivity contribution < 1.29 is 4.74 Å². The first kappa shape index (κ1) is 15.0. The minimum absolute atomic E-state index is 0.792. The molecular weight excluding hydrogens is 298 g/mol. The van der Waals surface area contributed by atoms with Gasteiger partial charge in [0.2, 0.25) is 0 Å². The van der Waals surface area contributed by atoms with E-state index in [1.165, 1.54) is 11.3 Å². The highest BCUT2D eigenvalue weighted by Crippen LogP contribution is 2.28. The maximum atomic E-state index is 5.44. The highest BCUT2D eigenvalue weighted by molar-refractivity contribution is 5.94. The number of aryl methyl sites for hydroxylation is 1. The molecule has 0 bridgehead atoms. The third-order valence-electron chi connectivity index (χ3n) is 4.43. The van der Waals surface area contributed by atoms with Crippen LogP contribution in [0.3, 0.4) is 0 Å². The summed E-state index contributed by atoms with van der Waals surface area (Å²) in [7, 11) is 0. The maximum Gasteiger partial charge on any atom is 0.0743 e. The van der Waals surface area contributed by atoms with Gasteiger partial charge < -0.3 is 15.0 Å². The van der Waals surface area contributed by atoms with Gasteiger partial charge in [-0.2, -0.15) is 0 Å². The van der Waals surface area contributed by atoms with Gasteiger partial charge in [0.15, 0.2) is 0 Å². The van der Waals surface area contributed by atoms with Gasteiger partial charge in [-0.15, -0.1) is 0 Å². The molecule has 1 aromatic heterocycles. The molecule has 0 aliphatic carbocycles. The van der Waals surface area contributed by atoms with Gasteiger partial charge in [0.1, 0.15) is 0 Å². The van der Waals surface area contributed by atoms with Crippen molar-refractivity contribution in [3.63, 3.8) is 0 Å². The highest BCUT2D eigenvalue weighted by Gasteiger charge is 2.12. The molecule has 1 aliphatic heterocycles. The summed E-state index contributed by atoms with van der Waals surface area (Å²) in [6.07, 6.45) is 1.86. The second kappa shape index (κ2) is 6.49. The van der Waals surface area contributed by atoms with Crippen LogP contribution in [0.5, 0.6) is 0 Å². The van der Waals surface area contributed by atoms with E-state index in [9.17, 15) is 0 Å². The Balaban J connectivity index is 1.65. The van der Waals surface area contributed by atoms with Gasteiger partial charge in [0.25, 0.3) is 0 Å². The number of aromatic nitrogens is 1. The quantitative estimate of drug-likeness (QED) is 0.788. The van der Waals surface area contributed by atoms with Crippen molar-refractivity contribution in [2.45, 2.75) is 6.92 Å². The summed E-state index contributed by atoms with van der Waals surface area (Å²) in [5.41, 5.74) is 5.65. The zero-order chi connectivity index (χ0) is 16.4. The Labute approximate surface area is 142 Å².